The minimum atomic E-state index is -1.30. The quantitative estimate of drug-likeness (QED) is 0.584. The summed E-state index contributed by atoms with van der Waals surface area (Å²) in [5.74, 6) is -4.40. The Morgan fingerprint density at radius 2 is 1.76 bits per heavy atom. The van der Waals surface area contributed by atoms with Crippen LogP contribution < -0.4 is 16.0 Å². The number of benzene rings is 2. The smallest absolute Gasteiger partial charge is 0.329 e. The Hall–Kier alpha value is -3.24. The zero-order chi connectivity index (χ0) is 24.4. The fourth-order valence-corrected chi connectivity index (χ4v) is 4.06. The first-order valence-corrected chi connectivity index (χ1v) is 11.1. The molecule has 1 aliphatic heterocycles. The summed E-state index contributed by atoms with van der Waals surface area (Å²) in [6.07, 6.45) is 1.56. The first-order valence-electron chi connectivity index (χ1n) is 11.1. The van der Waals surface area contributed by atoms with Crippen molar-refractivity contribution in [3.63, 3.8) is 0 Å². The maximum Gasteiger partial charge on any atom is 0.330 e. The van der Waals surface area contributed by atoms with Crippen LogP contribution in [0.2, 0.25) is 0 Å². The van der Waals surface area contributed by atoms with E-state index in [0.29, 0.717) is 17.3 Å². The van der Waals surface area contributed by atoms with E-state index >= 15 is 0 Å². The van der Waals surface area contributed by atoms with Crippen molar-refractivity contribution in [2.24, 2.45) is 5.73 Å². The van der Waals surface area contributed by atoms with Crippen LogP contribution >= 0.6 is 0 Å². The highest BCUT2D eigenvalue weighted by Crippen LogP contribution is 2.26. The second-order valence-electron chi connectivity index (χ2n) is 8.85. The SMILES string of the molecule is NC(CC(=O)N1CC(=O)N(CC(=O)[NH2+]C2CC2)c2ccccc2C1)Cc1cc(F)c(F)cc1F. The Balaban J connectivity index is 1.45. The molecule has 4 N–H and O–H groups in total. The molecule has 2 aliphatic rings. The Kier molecular flexibility index (Phi) is 6.99. The van der Waals surface area contributed by atoms with E-state index in [9.17, 15) is 27.6 Å². The number of nitrogens with two attached hydrogens (primary N) is 2. The number of hydrogen-bond acceptors (Lipinski definition) is 4. The maximum atomic E-state index is 13.9. The number of hydrogen-bond donors (Lipinski definition) is 2. The summed E-state index contributed by atoms with van der Waals surface area (Å²) in [6.45, 7) is -0.191. The molecule has 0 saturated heterocycles. The number of fused-ring (bicyclic) bond motifs is 1. The van der Waals surface area contributed by atoms with Crippen molar-refractivity contribution < 1.29 is 32.9 Å². The summed E-state index contributed by atoms with van der Waals surface area (Å²) >= 11 is 0. The molecule has 2 aromatic rings. The van der Waals surface area contributed by atoms with Gasteiger partial charge in [0.25, 0.3) is 0 Å². The molecule has 10 heteroatoms. The first kappa shape index (κ1) is 23.9. The predicted octanol–water partition coefficient (Wildman–Crippen LogP) is 0.992. The third-order valence-electron chi connectivity index (χ3n) is 5.99. The number of amides is 3. The Bertz CT molecular complexity index is 1120. The van der Waals surface area contributed by atoms with Gasteiger partial charge in [-0.25, -0.2) is 18.0 Å². The average molecular weight is 475 g/mol. The van der Waals surface area contributed by atoms with E-state index in [1.54, 1.807) is 29.6 Å². The maximum absolute atomic E-state index is 13.9. The van der Waals surface area contributed by atoms with E-state index in [1.807, 2.05) is 0 Å². The summed E-state index contributed by atoms with van der Waals surface area (Å²) in [6, 6.07) is 7.66. The highest BCUT2D eigenvalue weighted by atomic mass is 19.2. The molecule has 0 spiro atoms. The topological polar surface area (TPSA) is 100 Å². The molecule has 3 amide bonds. The summed E-state index contributed by atoms with van der Waals surface area (Å²) in [5.41, 5.74) is 7.16. The molecule has 1 fully saturated rings. The standard InChI is InChI=1S/C24H25F3N4O3/c25-18-10-20(27)19(26)8-15(18)7-16(28)9-23(33)30-11-14-3-1-2-4-21(14)31(24(34)13-30)12-22(32)29-17-5-6-17/h1-4,8,10,16-17H,5-7,9,11-13,28H2,(H,29,32)/p+1. The van der Waals surface area contributed by atoms with Gasteiger partial charge in [-0.2, -0.15) is 0 Å². The number of primary amides is 1. The first-order chi connectivity index (χ1) is 16.2. The molecule has 1 heterocycles. The van der Waals surface area contributed by atoms with Gasteiger partial charge in [0, 0.05) is 43.6 Å². The van der Waals surface area contributed by atoms with Crippen molar-refractivity contribution in [3.8, 4) is 0 Å². The van der Waals surface area contributed by atoms with Crippen LogP contribution in [0, 0.1) is 17.5 Å². The molecule has 1 unspecified atom stereocenters. The molecule has 2 aromatic carbocycles. The molecule has 180 valence electrons. The molecule has 7 nitrogen and oxygen atoms in total. The van der Waals surface area contributed by atoms with Crippen LogP contribution in [0.3, 0.4) is 0 Å². The van der Waals surface area contributed by atoms with Gasteiger partial charge in [0.15, 0.2) is 11.6 Å². The lowest BCUT2D eigenvalue weighted by molar-refractivity contribution is -0.581. The largest absolute Gasteiger partial charge is 0.330 e. The van der Waals surface area contributed by atoms with Crippen molar-refractivity contribution >= 4 is 23.4 Å². The van der Waals surface area contributed by atoms with Crippen LogP contribution in [0.5, 0.6) is 0 Å². The highest BCUT2D eigenvalue weighted by molar-refractivity contribution is 6.01. The number of nitrogens with zero attached hydrogens (tertiary/aromatic N) is 2. The van der Waals surface area contributed by atoms with E-state index in [0.717, 1.165) is 18.9 Å². The van der Waals surface area contributed by atoms with Gasteiger partial charge in [-0.1, -0.05) is 18.2 Å². The van der Waals surface area contributed by atoms with Crippen LogP contribution in [0.25, 0.3) is 0 Å². The van der Waals surface area contributed by atoms with Crippen molar-refractivity contribution in [2.75, 3.05) is 18.0 Å². The molecule has 0 aromatic heterocycles. The Labute approximate surface area is 194 Å². The molecule has 1 atom stereocenters. The van der Waals surface area contributed by atoms with Gasteiger partial charge in [0.1, 0.15) is 18.9 Å². The van der Waals surface area contributed by atoms with Gasteiger partial charge >= 0.3 is 5.91 Å². The van der Waals surface area contributed by atoms with Crippen LogP contribution in [0.1, 0.15) is 30.4 Å². The fourth-order valence-electron chi connectivity index (χ4n) is 4.06. The number of para-hydroxylation sites is 1. The lowest BCUT2D eigenvalue weighted by Crippen LogP contribution is -2.91. The minimum Gasteiger partial charge on any atom is -0.329 e. The van der Waals surface area contributed by atoms with Crippen molar-refractivity contribution in [1.29, 1.82) is 0 Å². The van der Waals surface area contributed by atoms with Gasteiger partial charge in [-0.3, -0.25) is 19.8 Å². The number of anilines is 1. The summed E-state index contributed by atoms with van der Waals surface area (Å²) in [7, 11) is 0. The molecule has 1 aliphatic carbocycles. The molecule has 34 heavy (non-hydrogen) atoms. The predicted molar refractivity (Wildman–Crippen MR) is 117 cm³/mol. The summed E-state index contributed by atoms with van der Waals surface area (Å²) < 4.78 is 40.6. The van der Waals surface area contributed by atoms with Crippen LogP contribution in [-0.4, -0.2) is 47.8 Å². The lowest BCUT2D eigenvalue weighted by atomic mass is 10.0. The van der Waals surface area contributed by atoms with Crippen LogP contribution in [-0.2, 0) is 27.3 Å². The molecular weight excluding hydrogens is 449 g/mol. The van der Waals surface area contributed by atoms with Gasteiger partial charge in [0.05, 0.1) is 6.04 Å². The molecule has 0 bridgehead atoms. The number of carbonyl (C=O) groups is 3. The van der Waals surface area contributed by atoms with E-state index < -0.39 is 35.3 Å². The van der Waals surface area contributed by atoms with Gasteiger partial charge in [-0.15, -0.1) is 0 Å². The second kappa shape index (κ2) is 9.94. The molecule has 1 saturated carbocycles. The summed E-state index contributed by atoms with van der Waals surface area (Å²) in [5, 5.41) is 1.65. The number of carbonyl (C=O) groups excluding carboxylic acids is 3. The van der Waals surface area contributed by atoms with E-state index in [4.69, 9.17) is 5.73 Å². The zero-order valence-corrected chi connectivity index (χ0v) is 18.5. The second-order valence-corrected chi connectivity index (χ2v) is 8.85. The van der Waals surface area contributed by atoms with E-state index in [2.05, 4.69) is 0 Å². The van der Waals surface area contributed by atoms with E-state index in [-0.39, 0.29) is 50.0 Å². The molecule has 0 radical (unpaired) electrons. The normalized spacial score (nSPS) is 16.8. The number of quaternary nitrogens is 1. The van der Waals surface area contributed by atoms with Gasteiger partial charge in [0.2, 0.25) is 11.8 Å². The molecular formula is C24H26F3N4O3+. The number of halogens is 3. The van der Waals surface area contributed by atoms with Crippen molar-refractivity contribution in [3.05, 3.63) is 65.0 Å². The fraction of sp³-hybridized carbons (Fsp3) is 0.375. The monoisotopic (exact) mass is 475 g/mol. The van der Waals surface area contributed by atoms with Crippen LogP contribution in [0.15, 0.2) is 36.4 Å². The van der Waals surface area contributed by atoms with Gasteiger partial charge in [-0.05, 0) is 29.7 Å². The minimum absolute atomic E-state index is 0.0939. The van der Waals surface area contributed by atoms with Crippen LogP contribution in [0.4, 0.5) is 18.9 Å². The van der Waals surface area contributed by atoms with Crippen molar-refractivity contribution in [1.82, 2.24) is 4.90 Å². The molecule has 4 rings (SSSR count). The third-order valence-corrected chi connectivity index (χ3v) is 5.99. The van der Waals surface area contributed by atoms with E-state index in [1.165, 1.54) is 9.80 Å². The van der Waals surface area contributed by atoms with Crippen molar-refractivity contribution in [2.45, 2.75) is 44.3 Å². The van der Waals surface area contributed by atoms with Gasteiger partial charge < -0.3 is 10.6 Å². The zero-order valence-electron chi connectivity index (χ0n) is 18.5. The Morgan fingerprint density at radius 1 is 1.06 bits per heavy atom. The average Bonchev–Trinajstić information content (AvgIpc) is 3.60. The lowest BCUT2D eigenvalue weighted by Gasteiger charge is -2.22. The Morgan fingerprint density at radius 3 is 2.50 bits per heavy atom. The third kappa shape index (κ3) is 5.63. The highest BCUT2D eigenvalue weighted by Gasteiger charge is 2.34. The summed E-state index contributed by atoms with van der Waals surface area (Å²) in [4.78, 5) is 41.2. The number of rotatable bonds is 7.